The van der Waals surface area contributed by atoms with Crippen LogP contribution >= 0.6 is 0 Å². The maximum absolute atomic E-state index is 13.0. The zero-order chi connectivity index (χ0) is 28.2. The molecule has 0 radical (unpaired) electrons. The Morgan fingerprint density at radius 3 is 2.55 bits per heavy atom. The zero-order valence-electron chi connectivity index (χ0n) is 22.1. The first-order chi connectivity index (χ1) is 19.2. The zero-order valence-corrected chi connectivity index (χ0v) is 22.9. The van der Waals surface area contributed by atoms with Crippen LogP contribution in [-0.2, 0) is 14.6 Å². The number of nitrogens with zero attached hydrogens (tertiary/aromatic N) is 6. The lowest BCUT2D eigenvalue weighted by molar-refractivity contribution is -0.128. The number of aliphatic imine (C=N–C) groups is 1. The standard InChI is InChI=1S/C26H32N10O3S/c1-40(38,39)22-21(15-9-16-5-6-17(10-15)35(16)26(37)23(28)32-13-27)34-25-18(12-33-36(25)24(22)29)14-4-7-20(31-11-14)19-3-2-8-30-19/h4,7,11-13,15-17,19,30H,2-3,5-6,8-10,29H2,1H3,(H3,27,28,32). The van der Waals surface area contributed by atoms with Crippen LogP contribution in [0.15, 0.2) is 34.4 Å². The Hall–Kier alpha value is -3.91. The Labute approximate surface area is 231 Å². The van der Waals surface area contributed by atoms with Crippen molar-refractivity contribution in [3.63, 3.8) is 0 Å². The summed E-state index contributed by atoms with van der Waals surface area (Å²) in [6.45, 7) is 0.982. The van der Waals surface area contributed by atoms with Crippen LogP contribution in [0.4, 0.5) is 5.82 Å². The van der Waals surface area contributed by atoms with Crippen LogP contribution in [0, 0.1) is 5.41 Å². The van der Waals surface area contributed by atoms with Crippen LogP contribution in [-0.4, -0.2) is 75.9 Å². The molecule has 6 rings (SSSR count). The molecule has 14 heteroatoms. The Kier molecular flexibility index (Phi) is 6.53. The topological polar surface area (TPSA) is 198 Å². The van der Waals surface area contributed by atoms with Gasteiger partial charge in [-0.2, -0.15) is 9.61 Å². The number of anilines is 1. The summed E-state index contributed by atoms with van der Waals surface area (Å²) in [5, 5.41) is 15.0. The number of nitrogens with one attached hydrogen (secondary N) is 2. The number of carbonyl (C=O) groups excluding carboxylic acids is 1. The van der Waals surface area contributed by atoms with E-state index in [0.717, 1.165) is 56.1 Å². The number of hydrogen-bond acceptors (Lipinski definition) is 9. The molecule has 3 aromatic rings. The molecule has 6 N–H and O–H groups in total. The first-order valence-electron chi connectivity index (χ1n) is 13.4. The summed E-state index contributed by atoms with van der Waals surface area (Å²) in [5.74, 6) is -0.849. The van der Waals surface area contributed by atoms with Gasteiger partial charge in [-0.1, -0.05) is 6.07 Å². The summed E-state index contributed by atoms with van der Waals surface area (Å²) in [4.78, 5) is 27.9. The summed E-state index contributed by atoms with van der Waals surface area (Å²) in [5.41, 5.74) is 15.6. The van der Waals surface area contributed by atoms with Crippen molar-refractivity contribution >= 4 is 39.4 Å². The first-order valence-corrected chi connectivity index (χ1v) is 15.3. The van der Waals surface area contributed by atoms with E-state index in [-0.39, 0.29) is 40.6 Å². The van der Waals surface area contributed by atoms with E-state index in [0.29, 0.717) is 29.7 Å². The van der Waals surface area contributed by atoms with Crippen molar-refractivity contribution in [3.8, 4) is 11.1 Å². The van der Waals surface area contributed by atoms with E-state index in [1.165, 1.54) is 4.52 Å². The van der Waals surface area contributed by atoms with Gasteiger partial charge in [-0.25, -0.2) is 18.4 Å². The van der Waals surface area contributed by atoms with Crippen LogP contribution in [0.5, 0.6) is 0 Å². The van der Waals surface area contributed by atoms with Crippen molar-refractivity contribution < 1.29 is 13.2 Å². The maximum Gasteiger partial charge on any atom is 0.289 e. The molecular weight excluding hydrogens is 532 g/mol. The average Bonchev–Trinajstić information content (AvgIpc) is 3.66. The third kappa shape index (κ3) is 4.40. The molecule has 0 aromatic carbocycles. The molecule has 3 atom stereocenters. The molecule has 2 bridgehead atoms. The van der Waals surface area contributed by atoms with E-state index in [1.807, 2.05) is 12.1 Å². The van der Waals surface area contributed by atoms with E-state index in [2.05, 4.69) is 20.4 Å². The molecule has 0 saturated carbocycles. The minimum Gasteiger partial charge on any atom is -0.382 e. The van der Waals surface area contributed by atoms with Crippen LogP contribution in [0.1, 0.15) is 61.9 Å². The molecule has 13 nitrogen and oxygen atoms in total. The summed E-state index contributed by atoms with van der Waals surface area (Å²) >= 11 is 0. The number of pyridine rings is 1. The predicted octanol–water partition coefficient (Wildman–Crippen LogP) is 1.40. The maximum atomic E-state index is 13.0. The number of aromatic nitrogens is 4. The number of sulfone groups is 1. The molecular formula is C26H32N10O3S. The van der Waals surface area contributed by atoms with Gasteiger partial charge in [0.15, 0.2) is 21.3 Å². The second-order valence-electron chi connectivity index (χ2n) is 10.8. The summed E-state index contributed by atoms with van der Waals surface area (Å²) < 4.78 is 27.4. The number of nitrogen functional groups attached to an aromatic ring is 1. The molecule has 3 saturated heterocycles. The van der Waals surface area contributed by atoms with Crippen molar-refractivity contribution in [1.82, 2.24) is 29.8 Å². The third-order valence-corrected chi connectivity index (χ3v) is 9.49. The number of amidine groups is 1. The van der Waals surface area contributed by atoms with Crippen molar-refractivity contribution in [2.24, 2.45) is 10.7 Å². The largest absolute Gasteiger partial charge is 0.382 e. The van der Waals surface area contributed by atoms with E-state index in [9.17, 15) is 13.2 Å². The Balaban J connectivity index is 1.40. The van der Waals surface area contributed by atoms with Crippen LogP contribution in [0.2, 0.25) is 0 Å². The van der Waals surface area contributed by atoms with Gasteiger partial charge < -0.3 is 21.7 Å². The summed E-state index contributed by atoms with van der Waals surface area (Å²) in [7, 11) is -3.75. The van der Waals surface area contributed by atoms with Crippen molar-refractivity contribution in [2.45, 2.75) is 67.5 Å². The minimum absolute atomic E-state index is 0.0155. The van der Waals surface area contributed by atoms with Crippen molar-refractivity contribution in [2.75, 3.05) is 18.5 Å². The van der Waals surface area contributed by atoms with Gasteiger partial charge in [0.2, 0.25) is 0 Å². The number of piperidine rings is 1. The first kappa shape index (κ1) is 26.3. The van der Waals surface area contributed by atoms with Gasteiger partial charge in [0, 0.05) is 47.6 Å². The Morgan fingerprint density at radius 1 is 1.20 bits per heavy atom. The number of carbonyl (C=O) groups is 1. The Morgan fingerprint density at radius 2 is 1.95 bits per heavy atom. The van der Waals surface area contributed by atoms with E-state index >= 15 is 0 Å². The molecule has 210 valence electrons. The highest BCUT2D eigenvalue weighted by molar-refractivity contribution is 7.91. The second-order valence-corrected chi connectivity index (χ2v) is 12.8. The number of fused-ring (bicyclic) bond motifs is 3. The summed E-state index contributed by atoms with van der Waals surface area (Å²) in [6, 6.07) is 3.93. The highest BCUT2D eigenvalue weighted by atomic mass is 32.2. The second kappa shape index (κ2) is 9.93. The number of amides is 1. The monoisotopic (exact) mass is 564 g/mol. The van der Waals surface area contributed by atoms with Crippen LogP contribution in [0.25, 0.3) is 16.8 Å². The molecule has 3 fully saturated rings. The van der Waals surface area contributed by atoms with Gasteiger partial charge in [0.1, 0.15) is 17.1 Å². The quantitative estimate of drug-likeness (QED) is 0.261. The molecule has 6 heterocycles. The molecule has 0 spiro atoms. The van der Waals surface area contributed by atoms with Crippen molar-refractivity contribution in [1.29, 1.82) is 5.41 Å². The normalized spacial score (nSPS) is 25.0. The lowest BCUT2D eigenvalue weighted by Gasteiger charge is -2.39. The molecule has 3 aliphatic rings. The highest BCUT2D eigenvalue weighted by Crippen LogP contribution is 2.45. The lowest BCUT2D eigenvalue weighted by atomic mass is 9.87. The minimum atomic E-state index is -3.75. The highest BCUT2D eigenvalue weighted by Gasteiger charge is 2.46. The lowest BCUT2D eigenvalue weighted by Crippen LogP contribution is -2.50. The average molecular weight is 565 g/mol. The Bertz CT molecular complexity index is 1610. The molecule has 3 unspecified atom stereocenters. The third-order valence-electron chi connectivity index (χ3n) is 8.33. The summed E-state index contributed by atoms with van der Waals surface area (Å²) in [6.07, 6.45) is 10.0. The fourth-order valence-corrected chi connectivity index (χ4v) is 7.63. The number of rotatable bonds is 5. The van der Waals surface area contributed by atoms with Gasteiger partial charge in [0.25, 0.3) is 5.91 Å². The smallest absolute Gasteiger partial charge is 0.289 e. The van der Waals surface area contributed by atoms with Crippen molar-refractivity contribution in [3.05, 3.63) is 35.9 Å². The van der Waals surface area contributed by atoms with Gasteiger partial charge >= 0.3 is 0 Å². The SMILES string of the molecule is CS(=O)(=O)c1c(C2CC3CCC(C2)N3C(=O)C(N)=NC=N)nc2c(-c3ccc(C4CCCN4)nc3)cnn2c1N. The fraction of sp³-hybridized carbons (Fsp3) is 0.462. The number of nitrogens with two attached hydrogens (primary N) is 2. The van der Waals surface area contributed by atoms with Crippen LogP contribution in [0.3, 0.4) is 0 Å². The predicted molar refractivity (Wildman–Crippen MR) is 150 cm³/mol. The molecule has 3 aromatic heterocycles. The van der Waals surface area contributed by atoms with Gasteiger partial charge in [-0.15, -0.1) is 0 Å². The molecule has 1 amide bonds. The van der Waals surface area contributed by atoms with E-state index < -0.39 is 15.7 Å². The van der Waals surface area contributed by atoms with Gasteiger partial charge in [-0.3, -0.25) is 15.2 Å². The van der Waals surface area contributed by atoms with Gasteiger partial charge in [0.05, 0.1) is 17.6 Å². The fourth-order valence-electron chi connectivity index (χ4n) is 6.58. The molecule has 3 aliphatic heterocycles. The van der Waals surface area contributed by atoms with Gasteiger partial charge in [-0.05, 0) is 51.1 Å². The van der Waals surface area contributed by atoms with E-state index in [4.69, 9.17) is 21.9 Å². The number of hydrogen-bond donors (Lipinski definition) is 4. The van der Waals surface area contributed by atoms with E-state index in [1.54, 1.807) is 17.3 Å². The molecule has 0 aliphatic carbocycles. The molecule has 40 heavy (non-hydrogen) atoms. The van der Waals surface area contributed by atoms with Crippen LogP contribution < -0.4 is 16.8 Å².